The van der Waals surface area contributed by atoms with Gasteiger partial charge in [0.25, 0.3) is 0 Å². The van der Waals surface area contributed by atoms with Crippen molar-refractivity contribution in [2.45, 2.75) is 38.1 Å². The van der Waals surface area contributed by atoms with E-state index in [0.717, 1.165) is 63.5 Å². The van der Waals surface area contributed by atoms with Crippen molar-refractivity contribution in [2.75, 3.05) is 49.6 Å². The Bertz CT molecular complexity index is 1080. The van der Waals surface area contributed by atoms with Crippen LogP contribution in [0.3, 0.4) is 0 Å². The average Bonchev–Trinajstić information content (AvgIpc) is 3.53. The van der Waals surface area contributed by atoms with E-state index in [9.17, 15) is 4.79 Å². The number of amides is 2. The molecule has 2 aliphatic rings. The zero-order chi connectivity index (χ0) is 22.6. The molecule has 2 aromatic carbocycles. The molecule has 1 saturated heterocycles. The molecule has 1 aromatic heterocycles. The lowest BCUT2D eigenvalue weighted by molar-refractivity contribution is 0.243. The van der Waals surface area contributed by atoms with Crippen LogP contribution in [0.1, 0.15) is 31.2 Å². The quantitative estimate of drug-likeness (QED) is 0.573. The molecule has 1 N–H and O–H groups in total. The summed E-state index contributed by atoms with van der Waals surface area (Å²) in [5.41, 5.74) is 2.25. The Hall–Kier alpha value is -2.64. The Balaban J connectivity index is 1.16. The minimum Gasteiger partial charge on any atom is -0.353 e. The molecule has 174 valence electrons. The summed E-state index contributed by atoms with van der Waals surface area (Å²) in [5.74, 6) is 1.13. The van der Waals surface area contributed by atoms with Crippen molar-refractivity contribution in [3.05, 3.63) is 54.1 Å². The van der Waals surface area contributed by atoms with Gasteiger partial charge in [-0.2, -0.15) is 4.37 Å². The van der Waals surface area contributed by atoms with Gasteiger partial charge in [-0.15, -0.1) is 0 Å². The van der Waals surface area contributed by atoms with Crippen LogP contribution in [0.5, 0.6) is 0 Å². The van der Waals surface area contributed by atoms with Gasteiger partial charge in [-0.3, -0.25) is 9.80 Å². The van der Waals surface area contributed by atoms with Crippen LogP contribution < -0.4 is 15.1 Å². The van der Waals surface area contributed by atoms with Gasteiger partial charge in [0.2, 0.25) is 0 Å². The summed E-state index contributed by atoms with van der Waals surface area (Å²) in [6.45, 7) is 5.07. The maximum atomic E-state index is 12.8. The summed E-state index contributed by atoms with van der Waals surface area (Å²) in [6, 6.07) is 17.2. The third-order valence-electron chi connectivity index (χ3n) is 7.07. The van der Waals surface area contributed by atoms with Gasteiger partial charge in [0.15, 0.2) is 0 Å². The number of hydrogen-bond acceptors (Lipinski definition) is 5. The fraction of sp³-hybridized carbons (Fsp3) is 0.462. The van der Waals surface area contributed by atoms with Crippen LogP contribution >= 0.6 is 11.5 Å². The molecule has 0 unspecified atom stereocenters. The van der Waals surface area contributed by atoms with Gasteiger partial charge in [-0.05, 0) is 54.6 Å². The second kappa shape index (κ2) is 10.1. The Morgan fingerprint density at radius 2 is 1.79 bits per heavy atom. The molecule has 7 heteroatoms. The lowest BCUT2D eigenvalue weighted by Gasteiger charge is -2.35. The van der Waals surface area contributed by atoms with Crippen LogP contribution in [0.25, 0.3) is 10.1 Å². The largest absolute Gasteiger partial charge is 0.353 e. The maximum absolute atomic E-state index is 12.8. The number of carbonyl (C=O) groups excluding carboxylic acids is 1. The van der Waals surface area contributed by atoms with Crippen molar-refractivity contribution in [2.24, 2.45) is 0 Å². The number of benzene rings is 2. The second-order valence-corrected chi connectivity index (χ2v) is 10.0. The molecule has 5 rings (SSSR count). The summed E-state index contributed by atoms with van der Waals surface area (Å²) in [6.07, 6.45) is 5.58. The van der Waals surface area contributed by atoms with Crippen LogP contribution in [-0.2, 0) is 6.42 Å². The number of nitrogens with one attached hydrogen (secondary N) is 1. The Morgan fingerprint density at radius 1 is 1.06 bits per heavy atom. The number of hydrogen-bond donors (Lipinski definition) is 1. The number of urea groups is 1. The molecule has 0 bridgehead atoms. The minimum absolute atomic E-state index is 0.0125. The fourth-order valence-corrected chi connectivity index (χ4v) is 5.86. The van der Waals surface area contributed by atoms with Crippen molar-refractivity contribution in [1.82, 2.24) is 14.6 Å². The summed E-state index contributed by atoms with van der Waals surface area (Å²) in [7, 11) is 1.89. The lowest BCUT2D eigenvalue weighted by Crippen LogP contribution is -2.47. The maximum Gasteiger partial charge on any atom is 0.321 e. The van der Waals surface area contributed by atoms with E-state index in [0.29, 0.717) is 6.04 Å². The Kier molecular flexibility index (Phi) is 6.78. The molecular weight excluding hydrogens is 430 g/mol. The predicted molar refractivity (Wildman–Crippen MR) is 138 cm³/mol. The number of nitrogens with zero attached hydrogens (tertiary/aromatic N) is 4. The molecule has 2 fully saturated rings. The van der Waals surface area contributed by atoms with Gasteiger partial charge in [-0.1, -0.05) is 43.2 Å². The molecule has 2 amide bonds. The summed E-state index contributed by atoms with van der Waals surface area (Å²) < 4.78 is 5.98. The highest BCUT2D eigenvalue weighted by Gasteiger charge is 2.23. The first kappa shape index (κ1) is 22.2. The zero-order valence-electron chi connectivity index (χ0n) is 19.4. The van der Waals surface area contributed by atoms with Gasteiger partial charge in [0.05, 0.1) is 4.70 Å². The number of para-hydroxylation sites is 1. The van der Waals surface area contributed by atoms with Gasteiger partial charge in [-0.25, -0.2) is 4.79 Å². The van der Waals surface area contributed by atoms with Crippen molar-refractivity contribution < 1.29 is 4.79 Å². The SMILES string of the molecule is CN(C(=O)NC1CCCC1)c1ccccc1CCN1CCN(c2nsc3ccccc23)CC1. The lowest BCUT2D eigenvalue weighted by atomic mass is 10.1. The van der Waals surface area contributed by atoms with Crippen molar-refractivity contribution in [1.29, 1.82) is 0 Å². The van der Waals surface area contributed by atoms with E-state index in [-0.39, 0.29) is 6.03 Å². The van der Waals surface area contributed by atoms with E-state index in [1.807, 2.05) is 13.1 Å². The molecule has 0 spiro atoms. The number of fused-ring (bicyclic) bond motifs is 1. The molecule has 33 heavy (non-hydrogen) atoms. The van der Waals surface area contributed by atoms with E-state index in [1.54, 1.807) is 16.4 Å². The number of anilines is 2. The van der Waals surface area contributed by atoms with Gasteiger partial charge < -0.3 is 10.2 Å². The third-order valence-corrected chi connectivity index (χ3v) is 7.88. The van der Waals surface area contributed by atoms with Crippen LogP contribution in [0.2, 0.25) is 0 Å². The highest BCUT2D eigenvalue weighted by atomic mass is 32.1. The second-order valence-electron chi connectivity index (χ2n) is 9.20. The fourth-order valence-electron chi connectivity index (χ4n) is 5.06. The normalized spacial score (nSPS) is 17.5. The minimum atomic E-state index is 0.0125. The molecular formula is C26H33N5OS. The number of rotatable bonds is 6. The predicted octanol–water partition coefficient (Wildman–Crippen LogP) is 4.75. The van der Waals surface area contributed by atoms with Crippen LogP contribution in [-0.4, -0.2) is 61.1 Å². The van der Waals surface area contributed by atoms with Gasteiger partial charge in [0, 0.05) is 56.9 Å². The molecule has 1 aliphatic carbocycles. The Morgan fingerprint density at radius 3 is 2.61 bits per heavy atom. The monoisotopic (exact) mass is 463 g/mol. The highest BCUT2D eigenvalue weighted by molar-refractivity contribution is 7.13. The van der Waals surface area contributed by atoms with Crippen LogP contribution in [0.4, 0.5) is 16.3 Å². The van der Waals surface area contributed by atoms with Crippen molar-refractivity contribution >= 4 is 39.2 Å². The third kappa shape index (κ3) is 4.99. The van der Waals surface area contributed by atoms with E-state index < -0.39 is 0 Å². The van der Waals surface area contributed by atoms with Crippen LogP contribution in [0, 0.1) is 0 Å². The van der Waals surface area contributed by atoms with E-state index in [4.69, 9.17) is 4.37 Å². The van der Waals surface area contributed by atoms with Gasteiger partial charge >= 0.3 is 6.03 Å². The standard InChI is InChI=1S/C26H33N5OS/c1-29(26(32)27-21-9-3-4-10-21)23-12-6-2-8-20(23)14-15-30-16-18-31(19-17-30)25-22-11-5-7-13-24(22)33-28-25/h2,5-8,11-13,21H,3-4,9-10,14-19H2,1H3,(H,27,32). The van der Waals surface area contributed by atoms with E-state index in [1.165, 1.54) is 28.5 Å². The Labute approximate surface area is 200 Å². The summed E-state index contributed by atoms with van der Waals surface area (Å²) in [5, 5.41) is 4.47. The number of aromatic nitrogens is 1. The topological polar surface area (TPSA) is 51.7 Å². The van der Waals surface area contributed by atoms with Crippen molar-refractivity contribution in [3.63, 3.8) is 0 Å². The molecule has 2 heterocycles. The summed E-state index contributed by atoms with van der Waals surface area (Å²) >= 11 is 1.59. The number of carbonyl (C=O) groups is 1. The first-order chi connectivity index (χ1) is 16.2. The first-order valence-electron chi connectivity index (χ1n) is 12.1. The number of piperazine rings is 1. The zero-order valence-corrected chi connectivity index (χ0v) is 20.2. The average molecular weight is 464 g/mol. The molecule has 3 aromatic rings. The highest BCUT2D eigenvalue weighted by Crippen LogP contribution is 2.30. The first-order valence-corrected chi connectivity index (χ1v) is 12.9. The molecule has 6 nitrogen and oxygen atoms in total. The smallest absolute Gasteiger partial charge is 0.321 e. The molecule has 0 atom stereocenters. The molecule has 0 radical (unpaired) electrons. The van der Waals surface area contributed by atoms with Crippen molar-refractivity contribution in [3.8, 4) is 0 Å². The van der Waals surface area contributed by atoms with Crippen LogP contribution in [0.15, 0.2) is 48.5 Å². The van der Waals surface area contributed by atoms with E-state index in [2.05, 4.69) is 57.6 Å². The van der Waals surface area contributed by atoms with Gasteiger partial charge in [0.1, 0.15) is 5.82 Å². The van der Waals surface area contributed by atoms with E-state index >= 15 is 0 Å². The summed E-state index contributed by atoms with van der Waals surface area (Å²) in [4.78, 5) is 19.5. The molecule has 1 saturated carbocycles. The molecule has 1 aliphatic heterocycles.